The summed E-state index contributed by atoms with van der Waals surface area (Å²) in [5.41, 5.74) is 10.6. The van der Waals surface area contributed by atoms with Crippen molar-refractivity contribution in [2.75, 3.05) is 34.5 Å². The number of carbonyl (C=O) groups excluding carboxylic acids is 3. The van der Waals surface area contributed by atoms with Crippen LogP contribution in [0.4, 0.5) is 0 Å². The van der Waals surface area contributed by atoms with Gasteiger partial charge in [-0.05, 0) is 118 Å². The van der Waals surface area contributed by atoms with Gasteiger partial charge in [0.15, 0.2) is 0 Å². The topological polar surface area (TPSA) is 183 Å². The molecular formula is C53H38N4O9-2. The zero-order chi connectivity index (χ0) is 45.9. The van der Waals surface area contributed by atoms with Gasteiger partial charge >= 0.3 is 17.9 Å². The fraction of sp³-hybridized carbons (Fsp3) is 0.0943. The van der Waals surface area contributed by atoms with E-state index in [0.717, 1.165) is 16.3 Å². The fourth-order valence-electron chi connectivity index (χ4n) is 7.94. The molecule has 0 radical (unpaired) electrons. The summed E-state index contributed by atoms with van der Waals surface area (Å²) < 4.78 is 20.1. The molecule has 0 aliphatic carbocycles. The van der Waals surface area contributed by atoms with Gasteiger partial charge in [0, 0.05) is 11.1 Å². The van der Waals surface area contributed by atoms with Gasteiger partial charge in [0.2, 0.25) is 0 Å². The highest BCUT2D eigenvalue weighted by Crippen LogP contribution is 2.37. The Kier molecular flexibility index (Phi) is 11.7. The summed E-state index contributed by atoms with van der Waals surface area (Å²) in [5.74, 6) is -1.99. The highest BCUT2D eigenvalue weighted by atomic mass is 16.6. The van der Waals surface area contributed by atoms with E-state index in [1.54, 1.807) is 60.7 Å². The van der Waals surface area contributed by atoms with Gasteiger partial charge in [0.25, 0.3) is 0 Å². The SMILES string of the molecule is COC(=O)c1ccc(C2=C3C=CC(=N3)C(=c3ccc(=C([O-])OC)cc3)c3ccc([n-]3)C(c3ccc(C(=O)OC)cc3)=C3C=CC(=N3)C(c3ccc(C(=O)OCCO)cc3)=C3C=CC2=N3)cc1. The minimum absolute atomic E-state index is 0.129. The molecular weight excluding hydrogens is 837 g/mol. The number of aliphatic hydroxyl groups is 1. The lowest BCUT2D eigenvalue weighted by Crippen LogP contribution is -2.21. The van der Waals surface area contributed by atoms with E-state index in [0.29, 0.717) is 95.4 Å². The Morgan fingerprint density at radius 2 is 0.909 bits per heavy atom. The zero-order valence-corrected chi connectivity index (χ0v) is 35.8. The monoisotopic (exact) mass is 874 g/mol. The zero-order valence-electron chi connectivity index (χ0n) is 35.8. The minimum atomic E-state index is -0.572. The van der Waals surface area contributed by atoms with E-state index >= 15 is 0 Å². The third kappa shape index (κ3) is 8.17. The number of ether oxygens (including phenoxy) is 4. The number of carbonyl (C=O) groups is 3. The number of aliphatic hydroxyl groups excluding tert-OH is 1. The van der Waals surface area contributed by atoms with Crippen LogP contribution in [0.3, 0.4) is 0 Å². The standard InChI is InChI=1S/C53H40N4O9/c1-63-50(59)34-12-4-30(5-13-34)46-38-20-22-40(54-38)47(31-6-14-35(15-7-31)51(60)64-2)42-24-26-44(56-42)49(33-10-18-37(19-11-33)53(62)66-29-28-58)45-27-25-43(57-45)48(41-23-21-39(46)55-41)32-8-16-36(17-9-32)52(61)65-3/h4-27,58H,28-29H2,1-3H3,(H2,54,55,56,57,59,60,61,62)/p-2. The van der Waals surface area contributed by atoms with Crippen molar-refractivity contribution in [3.05, 3.63) is 218 Å². The van der Waals surface area contributed by atoms with E-state index in [2.05, 4.69) is 0 Å². The second kappa shape index (κ2) is 18.2. The summed E-state index contributed by atoms with van der Waals surface area (Å²) in [6.07, 6.45) is 11.4. The average Bonchev–Trinajstić information content (AvgIpc) is 4.22. The number of aromatic nitrogens is 1. The molecule has 13 nitrogen and oxygen atoms in total. The van der Waals surface area contributed by atoms with E-state index in [9.17, 15) is 24.6 Å². The smallest absolute Gasteiger partial charge is 0.338 e. The van der Waals surface area contributed by atoms with Crippen LogP contribution in [0.1, 0.15) is 59.2 Å². The van der Waals surface area contributed by atoms with Crippen LogP contribution in [0.15, 0.2) is 178 Å². The van der Waals surface area contributed by atoms with Crippen LogP contribution in [0.25, 0.3) is 28.2 Å². The third-order valence-corrected chi connectivity index (χ3v) is 11.1. The normalized spacial score (nSPS) is 14.9. The van der Waals surface area contributed by atoms with E-state index in [1.807, 2.05) is 85.0 Å². The first kappa shape index (κ1) is 42.6. The van der Waals surface area contributed by atoms with Crippen LogP contribution < -0.4 is 20.5 Å². The molecule has 4 aliphatic rings. The van der Waals surface area contributed by atoms with Crippen LogP contribution in [-0.4, -0.2) is 74.7 Å². The van der Waals surface area contributed by atoms with Gasteiger partial charge in [-0.25, -0.2) is 29.4 Å². The molecule has 1 aromatic heterocycles. The molecule has 9 rings (SSSR count). The Hall–Kier alpha value is -8.68. The summed E-state index contributed by atoms with van der Waals surface area (Å²) >= 11 is 0. The lowest BCUT2D eigenvalue weighted by Gasteiger charge is -2.19. The Bertz CT molecular complexity index is 3240. The van der Waals surface area contributed by atoms with Crippen LogP contribution in [0.5, 0.6) is 0 Å². The van der Waals surface area contributed by atoms with Gasteiger partial charge in [-0.15, -0.1) is 11.4 Å². The molecule has 0 fully saturated rings. The average molecular weight is 875 g/mol. The van der Waals surface area contributed by atoms with Crippen molar-refractivity contribution in [3.63, 3.8) is 0 Å². The van der Waals surface area contributed by atoms with Crippen molar-refractivity contribution in [1.82, 2.24) is 4.98 Å². The maximum Gasteiger partial charge on any atom is 0.338 e. The van der Waals surface area contributed by atoms with Crippen molar-refractivity contribution in [3.8, 4) is 0 Å². The van der Waals surface area contributed by atoms with Crippen LogP contribution in [-0.2, 0) is 18.9 Å². The van der Waals surface area contributed by atoms with Crippen LogP contribution in [0.2, 0.25) is 0 Å². The lowest BCUT2D eigenvalue weighted by molar-refractivity contribution is -0.288. The van der Waals surface area contributed by atoms with Crippen molar-refractivity contribution in [1.29, 1.82) is 0 Å². The number of nitrogens with zero attached hydrogens (tertiary/aromatic N) is 4. The molecule has 0 saturated heterocycles. The first-order valence-electron chi connectivity index (χ1n) is 20.7. The lowest BCUT2D eigenvalue weighted by atomic mass is 9.97. The molecule has 326 valence electrons. The maximum absolute atomic E-state index is 12.8. The number of methoxy groups -OCH3 is 3. The summed E-state index contributed by atoms with van der Waals surface area (Å²) in [6.45, 7) is -0.425. The van der Waals surface area contributed by atoms with Crippen LogP contribution in [0, 0.1) is 0 Å². The number of fused-ring (bicyclic) bond motifs is 5. The largest absolute Gasteiger partial charge is 0.657 e. The molecule has 66 heavy (non-hydrogen) atoms. The molecule has 4 aromatic carbocycles. The second-order valence-corrected chi connectivity index (χ2v) is 15.0. The number of hydrogen-bond acceptors (Lipinski definition) is 12. The molecule has 0 saturated carbocycles. The molecule has 5 heterocycles. The van der Waals surface area contributed by atoms with Gasteiger partial charge in [-0.1, -0.05) is 72.8 Å². The summed E-state index contributed by atoms with van der Waals surface area (Å²) in [4.78, 5) is 58.7. The Morgan fingerprint density at radius 1 is 0.500 bits per heavy atom. The molecule has 0 spiro atoms. The molecule has 4 aliphatic heterocycles. The number of rotatable bonds is 9. The van der Waals surface area contributed by atoms with E-state index in [-0.39, 0.29) is 13.2 Å². The highest BCUT2D eigenvalue weighted by Gasteiger charge is 2.26. The molecule has 0 amide bonds. The molecule has 0 atom stereocenters. The summed E-state index contributed by atoms with van der Waals surface area (Å²) in [5, 5.41) is 22.8. The van der Waals surface area contributed by atoms with Gasteiger partial charge in [-0.2, -0.15) is 0 Å². The van der Waals surface area contributed by atoms with E-state index < -0.39 is 23.9 Å². The van der Waals surface area contributed by atoms with Gasteiger partial charge in [0.1, 0.15) is 6.61 Å². The number of allylic oxidation sites excluding steroid dienone is 8. The Morgan fingerprint density at radius 3 is 1.35 bits per heavy atom. The first-order valence-corrected chi connectivity index (χ1v) is 20.7. The molecule has 5 aromatic rings. The number of hydrogen-bond donors (Lipinski definition) is 1. The maximum atomic E-state index is 12.8. The molecule has 8 bridgehead atoms. The second-order valence-electron chi connectivity index (χ2n) is 15.0. The van der Waals surface area contributed by atoms with Crippen molar-refractivity contribution in [2.24, 2.45) is 15.0 Å². The number of aliphatic imine (C=N–C) groups is 3. The quantitative estimate of drug-likeness (QED) is 0.151. The number of benzene rings is 4. The highest BCUT2D eigenvalue weighted by molar-refractivity contribution is 6.37. The van der Waals surface area contributed by atoms with Crippen LogP contribution >= 0.6 is 0 Å². The Labute approximate surface area is 378 Å². The van der Waals surface area contributed by atoms with Crippen molar-refractivity contribution < 1.29 is 43.5 Å². The summed E-state index contributed by atoms with van der Waals surface area (Å²) in [7, 11) is 3.99. The molecule has 13 heteroatoms. The number of esters is 3. The van der Waals surface area contributed by atoms with Crippen molar-refractivity contribution in [2.45, 2.75) is 0 Å². The third-order valence-electron chi connectivity index (χ3n) is 11.1. The summed E-state index contributed by atoms with van der Waals surface area (Å²) in [6, 6.07) is 31.8. The van der Waals surface area contributed by atoms with E-state index in [1.165, 1.54) is 21.3 Å². The fourth-order valence-corrected chi connectivity index (χ4v) is 7.94. The van der Waals surface area contributed by atoms with Gasteiger partial charge in [-0.3, -0.25) is 0 Å². The van der Waals surface area contributed by atoms with E-state index in [4.69, 9.17) is 38.9 Å². The molecule has 1 N–H and O–H groups in total. The first-order chi connectivity index (χ1) is 32.2. The van der Waals surface area contributed by atoms with Gasteiger partial charge < -0.3 is 34.1 Å². The predicted molar refractivity (Wildman–Crippen MR) is 247 cm³/mol. The Balaban J connectivity index is 1.33. The molecule has 0 unspecified atom stereocenters. The van der Waals surface area contributed by atoms with Gasteiger partial charge in [0.05, 0.1) is 77.7 Å². The minimum Gasteiger partial charge on any atom is -0.657 e. The van der Waals surface area contributed by atoms with Crippen molar-refractivity contribution >= 4 is 63.3 Å². The predicted octanol–water partition coefficient (Wildman–Crippen LogP) is 5.27.